The van der Waals surface area contributed by atoms with E-state index in [0.717, 1.165) is 19.4 Å². The second kappa shape index (κ2) is 1.93. The van der Waals surface area contributed by atoms with Gasteiger partial charge in [-0.2, -0.15) is 0 Å². The van der Waals surface area contributed by atoms with E-state index in [2.05, 4.69) is 10.9 Å². The van der Waals surface area contributed by atoms with Gasteiger partial charge >= 0.3 is 0 Å². The van der Waals surface area contributed by atoms with Crippen LogP contribution in [0.5, 0.6) is 0 Å². The molecule has 0 atom stereocenters. The summed E-state index contributed by atoms with van der Waals surface area (Å²) in [5.41, 5.74) is 5.58. The lowest BCUT2D eigenvalue weighted by Gasteiger charge is -2.13. The Labute approximate surface area is 42.6 Å². The van der Waals surface area contributed by atoms with Crippen molar-refractivity contribution in [3.63, 3.8) is 0 Å². The minimum absolute atomic E-state index is 0.603. The largest absolute Gasteiger partial charge is 0.310 e. The van der Waals surface area contributed by atoms with Crippen molar-refractivity contribution in [1.82, 2.24) is 10.9 Å². The first kappa shape index (κ1) is 4.59. The van der Waals surface area contributed by atoms with Crippen LogP contribution in [-0.2, 0) is 0 Å². The van der Waals surface area contributed by atoms with Crippen molar-refractivity contribution in [2.45, 2.75) is 12.8 Å². The molecule has 1 aliphatic heterocycles. The Kier molecular flexibility index (Phi) is 1.26. The molecule has 0 radical (unpaired) electrons. The molecule has 1 fully saturated rings. The van der Waals surface area contributed by atoms with Gasteiger partial charge in [-0.15, -0.1) is 0 Å². The lowest BCUT2D eigenvalue weighted by molar-refractivity contribution is 0.574. The topological polar surface area (TPSA) is 47.9 Å². The maximum Gasteiger partial charge on any atom is 0.108 e. The van der Waals surface area contributed by atoms with Gasteiger partial charge in [0.25, 0.3) is 0 Å². The molecule has 3 nitrogen and oxygen atoms in total. The normalized spacial score (nSPS) is 21.4. The molecule has 0 saturated carbocycles. The lowest BCUT2D eigenvalue weighted by atomic mass is 10.3. The average Bonchev–Trinajstić information content (AvgIpc) is 1.69. The van der Waals surface area contributed by atoms with Gasteiger partial charge < -0.3 is 5.43 Å². The molecule has 0 bridgehead atoms. The molecule has 3 heteroatoms. The van der Waals surface area contributed by atoms with Gasteiger partial charge in [-0.1, -0.05) is 0 Å². The second-order valence-electron chi connectivity index (χ2n) is 1.63. The first-order valence-electron chi connectivity index (χ1n) is 2.46. The highest BCUT2D eigenvalue weighted by Crippen LogP contribution is 1.89. The molecule has 3 N–H and O–H groups in total. The summed E-state index contributed by atoms with van der Waals surface area (Å²) in [7, 11) is 0. The van der Waals surface area contributed by atoms with Crippen molar-refractivity contribution in [2.24, 2.45) is 0 Å². The number of hydrogen-bond acceptors (Lipinski definition) is 2. The Bertz CT molecular complexity index is 71.0. The number of amidine groups is 1. The summed E-state index contributed by atoms with van der Waals surface area (Å²) in [6, 6.07) is 0. The van der Waals surface area contributed by atoms with Gasteiger partial charge in [0.05, 0.1) is 0 Å². The summed E-state index contributed by atoms with van der Waals surface area (Å²) in [5.74, 6) is 0.603. The Morgan fingerprint density at radius 1 is 1.57 bits per heavy atom. The van der Waals surface area contributed by atoms with E-state index in [1.807, 2.05) is 0 Å². The highest BCUT2D eigenvalue weighted by atomic mass is 15.4. The van der Waals surface area contributed by atoms with Gasteiger partial charge in [0.1, 0.15) is 5.84 Å². The minimum atomic E-state index is 0.603. The maximum atomic E-state index is 7.02. The number of nitrogens with one attached hydrogen (secondary N) is 3. The number of hydrazine groups is 1. The van der Waals surface area contributed by atoms with Crippen molar-refractivity contribution in [3.8, 4) is 0 Å². The van der Waals surface area contributed by atoms with E-state index in [9.17, 15) is 0 Å². The zero-order valence-corrected chi connectivity index (χ0v) is 4.12. The molecule has 0 amide bonds. The van der Waals surface area contributed by atoms with E-state index in [4.69, 9.17) is 5.41 Å². The van der Waals surface area contributed by atoms with Gasteiger partial charge in [0, 0.05) is 13.0 Å². The SMILES string of the molecule is N=C1CCCNN1. The van der Waals surface area contributed by atoms with Crippen LogP contribution >= 0.6 is 0 Å². The Balaban J connectivity index is 2.25. The molecule has 0 aromatic carbocycles. The van der Waals surface area contributed by atoms with E-state index < -0.39 is 0 Å². The van der Waals surface area contributed by atoms with Gasteiger partial charge in [0.15, 0.2) is 0 Å². The molecule has 1 aliphatic rings. The minimum Gasteiger partial charge on any atom is -0.310 e. The first-order valence-corrected chi connectivity index (χ1v) is 2.46. The molecule has 1 rings (SSSR count). The zero-order chi connectivity index (χ0) is 5.11. The predicted molar refractivity (Wildman–Crippen MR) is 28.1 cm³/mol. The highest BCUT2D eigenvalue weighted by molar-refractivity contribution is 5.78. The molecule has 0 aromatic rings. The van der Waals surface area contributed by atoms with Gasteiger partial charge in [-0.25, -0.2) is 5.43 Å². The van der Waals surface area contributed by atoms with Crippen molar-refractivity contribution in [3.05, 3.63) is 0 Å². The van der Waals surface area contributed by atoms with Gasteiger partial charge in [-0.3, -0.25) is 5.41 Å². The fraction of sp³-hybridized carbons (Fsp3) is 0.750. The summed E-state index contributed by atoms with van der Waals surface area (Å²) in [6.45, 7) is 0.988. The van der Waals surface area contributed by atoms with E-state index in [1.165, 1.54) is 0 Å². The van der Waals surface area contributed by atoms with Crippen molar-refractivity contribution >= 4 is 5.84 Å². The third kappa shape index (κ3) is 1.16. The predicted octanol–water partition coefficient (Wildman–Crippen LogP) is -0.148. The summed E-state index contributed by atoms with van der Waals surface area (Å²) in [4.78, 5) is 0. The van der Waals surface area contributed by atoms with Crippen LogP contribution in [0.2, 0.25) is 0 Å². The van der Waals surface area contributed by atoms with Crippen molar-refractivity contribution in [2.75, 3.05) is 6.54 Å². The molecule has 7 heavy (non-hydrogen) atoms. The lowest BCUT2D eigenvalue weighted by Crippen LogP contribution is -2.41. The summed E-state index contributed by atoms with van der Waals surface area (Å²) >= 11 is 0. The van der Waals surface area contributed by atoms with Crippen LogP contribution < -0.4 is 10.9 Å². The molecular formula is C4H9N3. The first-order chi connectivity index (χ1) is 3.39. The second-order valence-corrected chi connectivity index (χ2v) is 1.63. The van der Waals surface area contributed by atoms with Gasteiger partial charge in [-0.05, 0) is 6.42 Å². The van der Waals surface area contributed by atoms with Crippen LogP contribution in [0, 0.1) is 5.41 Å². The van der Waals surface area contributed by atoms with E-state index in [0.29, 0.717) is 5.84 Å². The third-order valence-corrected chi connectivity index (χ3v) is 0.968. The Hall–Kier alpha value is -0.570. The van der Waals surface area contributed by atoms with E-state index in [1.54, 1.807) is 0 Å². The molecule has 0 aliphatic carbocycles. The molecule has 0 spiro atoms. The Morgan fingerprint density at radius 2 is 2.43 bits per heavy atom. The maximum absolute atomic E-state index is 7.02. The van der Waals surface area contributed by atoms with Gasteiger partial charge in [0.2, 0.25) is 0 Å². The average molecular weight is 99.1 g/mol. The molecular weight excluding hydrogens is 90.1 g/mol. The summed E-state index contributed by atoms with van der Waals surface area (Å²) in [5, 5.41) is 7.02. The van der Waals surface area contributed by atoms with Crippen LogP contribution in [-0.4, -0.2) is 12.4 Å². The standard InChI is InChI=1S/C4H9N3/c5-4-2-1-3-6-7-4/h6H,1-3H2,(H2,5,7). The van der Waals surface area contributed by atoms with E-state index >= 15 is 0 Å². The van der Waals surface area contributed by atoms with Crippen LogP contribution in [0.25, 0.3) is 0 Å². The van der Waals surface area contributed by atoms with Crippen LogP contribution in [0.1, 0.15) is 12.8 Å². The molecule has 1 heterocycles. The fourth-order valence-corrected chi connectivity index (χ4v) is 0.585. The van der Waals surface area contributed by atoms with E-state index in [-0.39, 0.29) is 0 Å². The monoisotopic (exact) mass is 99.1 g/mol. The van der Waals surface area contributed by atoms with Crippen LogP contribution in [0.15, 0.2) is 0 Å². The zero-order valence-electron chi connectivity index (χ0n) is 4.12. The summed E-state index contributed by atoms with van der Waals surface area (Å²) in [6.07, 6.45) is 1.98. The third-order valence-electron chi connectivity index (χ3n) is 0.968. The number of hydrogen-bond donors (Lipinski definition) is 3. The van der Waals surface area contributed by atoms with Crippen molar-refractivity contribution < 1.29 is 0 Å². The molecule has 40 valence electrons. The fourth-order valence-electron chi connectivity index (χ4n) is 0.585. The molecule has 1 saturated heterocycles. The molecule has 0 unspecified atom stereocenters. The smallest absolute Gasteiger partial charge is 0.108 e. The van der Waals surface area contributed by atoms with Crippen molar-refractivity contribution in [1.29, 1.82) is 5.41 Å². The highest BCUT2D eigenvalue weighted by Gasteiger charge is 1.99. The molecule has 0 aromatic heterocycles. The Morgan fingerprint density at radius 3 is 2.71 bits per heavy atom. The summed E-state index contributed by atoms with van der Waals surface area (Å²) < 4.78 is 0. The van der Waals surface area contributed by atoms with Crippen LogP contribution in [0.4, 0.5) is 0 Å². The number of rotatable bonds is 0. The quantitative estimate of drug-likeness (QED) is 0.395. The van der Waals surface area contributed by atoms with Crippen LogP contribution in [0.3, 0.4) is 0 Å².